The van der Waals surface area contributed by atoms with E-state index < -0.39 is 0 Å². The number of hydrogen-bond acceptors (Lipinski definition) is 5. The molecule has 0 atom stereocenters. The first-order chi connectivity index (χ1) is 16.3. The van der Waals surface area contributed by atoms with Gasteiger partial charge in [-0.15, -0.1) is 0 Å². The van der Waals surface area contributed by atoms with E-state index in [0.717, 1.165) is 4.90 Å². The van der Waals surface area contributed by atoms with Crippen molar-refractivity contribution in [2.45, 2.75) is 19.3 Å². The van der Waals surface area contributed by atoms with E-state index >= 15 is 0 Å². The lowest BCUT2D eigenvalue weighted by molar-refractivity contribution is -0.126. The van der Waals surface area contributed by atoms with Gasteiger partial charge in [-0.25, -0.2) is 4.39 Å². The number of halogens is 1. The molecule has 4 rings (SSSR count). The molecule has 0 unspecified atom stereocenters. The highest BCUT2D eigenvalue weighted by molar-refractivity contribution is 6.21. The van der Waals surface area contributed by atoms with Crippen LogP contribution in [0, 0.1) is 11.7 Å². The van der Waals surface area contributed by atoms with Crippen molar-refractivity contribution in [3.05, 3.63) is 65.0 Å². The number of anilines is 1. The van der Waals surface area contributed by atoms with Crippen LogP contribution in [0.1, 0.15) is 39.1 Å². The first-order valence-electron chi connectivity index (χ1n) is 11.3. The summed E-state index contributed by atoms with van der Waals surface area (Å²) in [6.45, 7) is 1.78. The lowest BCUT2D eigenvalue weighted by atomic mass is 9.96. The third kappa shape index (κ3) is 5.14. The molecule has 8 nitrogen and oxygen atoms in total. The zero-order valence-electron chi connectivity index (χ0n) is 19.0. The molecule has 4 amide bonds. The van der Waals surface area contributed by atoms with Gasteiger partial charge in [0.2, 0.25) is 11.8 Å². The van der Waals surface area contributed by atoms with Gasteiger partial charge in [-0.3, -0.25) is 29.0 Å². The van der Waals surface area contributed by atoms with Gasteiger partial charge < -0.3 is 10.6 Å². The Hall–Kier alpha value is -3.59. The molecule has 1 saturated heterocycles. The lowest BCUT2D eigenvalue weighted by Crippen LogP contribution is -2.43. The van der Waals surface area contributed by atoms with Gasteiger partial charge >= 0.3 is 0 Å². The van der Waals surface area contributed by atoms with Crippen molar-refractivity contribution in [3.63, 3.8) is 0 Å². The van der Waals surface area contributed by atoms with Crippen LogP contribution in [0.15, 0.2) is 42.5 Å². The second-order valence-corrected chi connectivity index (χ2v) is 8.66. The molecule has 2 aromatic rings. The van der Waals surface area contributed by atoms with Gasteiger partial charge in [0.15, 0.2) is 0 Å². The smallest absolute Gasteiger partial charge is 0.261 e. The van der Waals surface area contributed by atoms with E-state index in [4.69, 9.17) is 0 Å². The molecule has 2 heterocycles. The number of hydrogen-bond donors (Lipinski definition) is 2. The summed E-state index contributed by atoms with van der Waals surface area (Å²) < 4.78 is 13.7. The maximum atomic E-state index is 13.7. The third-order valence-electron chi connectivity index (χ3n) is 6.35. The number of fused-ring (bicyclic) bond motifs is 1. The third-order valence-corrected chi connectivity index (χ3v) is 6.35. The molecular weight excluding hydrogens is 439 g/mol. The van der Waals surface area contributed by atoms with Gasteiger partial charge in [0.1, 0.15) is 5.82 Å². The molecular formula is C25H27FN4O4. The van der Waals surface area contributed by atoms with E-state index in [2.05, 4.69) is 10.6 Å². The highest BCUT2D eigenvalue weighted by Crippen LogP contribution is 2.25. The minimum absolute atomic E-state index is 0.0391. The molecule has 2 aromatic carbocycles. The number of carbonyl (C=O) groups excluding carboxylic acids is 4. The van der Waals surface area contributed by atoms with E-state index in [-0.39, 0.29) is 47.5 Å². The fourth-order valence-corrected chi connectivity index (χ4v) is 4.36. The Morgan fingerprint density at radius 3 is 2.47 bits per heavy atom. The number of piperidine rings is 1. The highest BCUT2D eigenvalue weighted by atomic mass is 19.1. The minimum atomic E-state index is -0.384. The number of imide groups is 1. The van der Waals surface area contributed by atoms with E-state index in [1.54, 1.807) is 30.3 Å². The molecule has 0 aromatic heterocycles. The topological polar surface area (TPSA) is 98.8 Å². The molecule has 34 heavy (non-hydrogen) atoms. The molecule has 9 heteroatoms. The van der Waals surface area contributed by atoms with Crippen molar-refractivity contribution in [2.75, 3.05) is 38.5 Å². The van der Waals surface area contributed by atoms with Crippen LogP contribution >= 0.6 is 0 Å². The number of benzene rings is 2. The van der Waals surface area contributed by atoms with Crippen molar-refractivity contribution in [1.82, 2.24) is 15.1 Å². The Morgan fingerprint density at radius 2 is 1.74 bits per heavy atom. The van der Waals surface area contributed by atoms with E-state index in [1.165, 1.54) is 19.2 Å². The van der Waals surface area contributed by atoms with Gasteiger partial charge in [-0.05, 0) is 62.2 Å². The second kappa shape index (κ2) is 10.1. The first-order valence-corrected chi connectivity index (χ1v) is 11.3. The van der Waals surface area contributed by atoms with E-state index in [9.17, 15) is 23.6 Å². The molecule has 1 fully saturated rings. The van der Waals surface area contributed by atoms with Crippen LogP contribution < -0.4 is 10.6 Å². The fourth-order valence-electron chi connectivity index (χ4n) is 4.36. The monoisotopic (exact) mass is 466 g/mol. The van der Waals surface area contributed by atoms with E-state index in [1.807, 2.05) is 4.90 Å². The van der Waals surface area contributed by atoms with Crippen molar-refractivity contribution in [1.29, 1.82) is 0 Å². The standard InChI is InChI=1S/C25H27FN4O4/c1-29-24(33)19-7-6-18(14-20(19)25(29)34)28-22(31)15-30-12-9-17(10-13-30)23(32)27-11-8-16-4-2-3-5-21(16)26/h2-7,14,17H,8-13,15H2,1H3,(H,27,32)(H,28,31). The summed E-state index contributed by atoms with van der Waals surface area (Å²) >= 11 is 0. The van der Waals surface area contributed by atoms with Crippen molar-refractivity contribution >= 4 is 29.3 Å². The molecule has 0 radical (unpaired) electrons. The van der Waals surface area contributed by atoms with Crippen LogP contribution in [0.25, 0.3) is 0 Å². The molecule has 0 bridgehead atoms. The van der Waals surface area contributed by atoms with Gasteiger partial charge in [-0.1, -0.05) is 18.2 Å². The summed E-state index contributed by atoms with van der Waals surface area (Å²) in [6.07, 6.45) is 1.72. The van der Waals surface area contributed by atoms with Crippen LogP contribution in [0.4, 0.5) is 10.1 Å². The Morgan fingerprint density at radius 1 is 1.03 bits per heavy atom. The quantitative estimate of drug-likeness (QED) is 0.609. The average molecular weight is 467 g/mol. The predicted molar refractivity (Wildman–Crippen MR) is 124 cm³/mol. The Bertz CT molecular complexity index is 1130. The van der Waals surface area contributed by atoms with Crippen LogP contribution in [-0.2, 0) is 16.0 Å². The van der Waals surface area contributed by atoms with Crippen LogP contribution in [0.5, 0.6) is 0 Å². The molecule has 2 aliphatic rings. The second-order valence-electron chi connectivity index (χ2n) is 8.66. The molecule has 0 spiro atoms. The molecule has 178 valence electrons. The molecule has 2 N–H and O–H groups in total. The first kappa shape index (κ1) is 23.6. The average Bonchev–Trinajstić information content (AvgIpc) is 3.04. The number of amides is 4. The van der Waals surface area contributed by atoms with Crippen molar-refractivity contribution in [3.8, 4) is 0 Å². The summed E-state index contributed by atoms with van der Waals surface area (Å²) in [5.41, 5.74) is 1.66. The molecule has 0 saturated carbocycles. The zero-order valence-corrected chi connectivity index (χ0v) is 19.0. The Labute approximate surface area is 197 Å². The summed E-state index contributed by atoms with van der Waals surface area (Å²) in [5, 5.41) is 5.67. The van der Waals surface area contributed by atoms with Gasteiger partial charge in [0.05, 0.1) is 17.7 Å². The molecule has 2 aliphatic heterocycles. The van der Waals surface area contributed by atoms with Crippen LogP contribution in [0.3, 0.4) is 0 Å². The Kier molecular flexibility index (Phi) is 7.02. The maximum absolute atomic E-state index is 13.7. The summed E-state index contributed by atoms with van der Waals surface area (Å²) in [5.74, 6) is -1.39. The normalized spacial score (nSPS) is 16.5. The summed E-state index contributed by atoms with van der Waals surface area (Å²) in [7, 11) is 1.43. The summed E-state index contributed by atoms with van der Waals surface area (Å²) in [4.78, 5) is 52.1. The number of likely N-dealkylation sites (tertiary alicyclic amines) is 1. The van der Waals surface area contributed by atoms with Crippen LogP contribution in [0.2, 0.25) is 0 Å². The van der Waals surface area contributed by atoms with Gasteiger partial charge in [-0.2, -0.15) is 0 Å². The van der Waals surface area contributed by atoms with Crippen LogP contribution in [-0.4, -0.2) is 66.7 Å². The van der Waals surface area contributed by atoms with E-state index in [0.29, 0.717) is 55.7 Å². The van der Waals surface area contributed by atoms with Gasteiger partial charge in [0.25, 0.3) is 11.8 Å². The van der Waals surface area contributed by atoms with Crippen molar-refractivity contribution in [2.24, 2.45) is 5.92 Å². The van der Waals surface area contributed by atoms with Gasteiger partial charge in [0, 0.05) is 25.2 Å². The van der Waals surface area contributed by atoms with Crippen molar-refractivity contribution < 1.29 is 23.6 Å². The number of carbonyl (C=O) groups is 4. The SMILES string of the molecule is CN1C(=O)c2ccc(NC(=O)CN3CCC(C(=O)NCCc4ccccc4F)CC3)cc2C1=O. The number of nitrogens with zero attached hydrogens (tertiary/aromatic N) is 2. The highest BCUT2D eigenvalue weighted by Gasteiger charge is 2.33. The molecule has 0 aliphatic carbocycles. The zero-order chi connectivity index (χ0) is 24.2. The number of rotatable bonds is 7. The Balaban J connectivity index is 1.20. The largest absolute Gasteiger partial charge is 0.356 e. The lowest BCUT2D eigenvalue weighted by Gasteiger charge is -2.30. The predicted octanol–water partition coefficient (Wildman–Crippen LogP) is 2.06. The summed E-state index contributed by atoms with van der Waals surface area (Å²) in [6, 6.07) is 11.2. The number of nitrogens with one attached hydrogen (secondary N) is 2. The maximum Gasteiger partial charge on any atom is 0.261 e. The fraction of sp³-hybridized carbons (Fsp3) is 0.360. The minimum Gasteiger partial charge on any atom is -0.356 e.